The summed E-state index contributed by atoms with van der Waals surface area (Å²) in [6.45, 7) is 2.74. The predicted molar refractivity (Wildman–Crippen MR) is 116 cm³/mol. The molecule has 0 N–H and O–H groups in total. The second-order valence-electron chi connectivity index (χ2n) is 8.15. The van der Waals surface area contributed by atoms with Crippen LogP contribution in [0.5, 0.6) is 0 Å². The van der Waals surface area contributed by atoms with Crippen molar-refractivity contribution < 1.29 is 4.79 Å². The minimum atomic E-state index is -0.194. The Balaban J connectivity index is 1.37. The molecule has 148 valence electrons. The lowest BCUT2D eigenvalue weighted by Crippen LogP contribution is -2.15. The van der Waals surface area contributed by atoms with Gasteiger partial charge in [0.15, 0.2) is 10.9 Å². The van der Waals surface area contributed by atoms with Crippen LogP contribution >= 0.6 is 11.8 Å². The summed E-state index contributed by atoms with van der Waals surface area (Å²) < 4.78 is 2.21. The number of carbonyl (C=O) groups excluding carboxylic acids is 1. The van der Waals surface area contributed by atoms with E-state index in [-0.39, 0.29) is 11.0 Å². The SMILES string of the molecule is CC(Sc1nnc(C2CC2)n1Cc1ccccc1)C(=O)c1ccc2c(c1)CCC2. The summed E-state index contributed by atoms with van der Waals surface area (Å²) in [5.74, 6) is 1.75. The van der Waals surface area contributed by atoms with Crippen molar-refractivity contribution in [3.8, 4) is 0 Å². The molecule has 1 aromatic heterocycles. The van der Waals surface area contributed by atoms with Crippen molar-refractivity contribution in [3.05, 3.63) is 76.6 Å². The minimum Gasteiger partial charge on any atom is -0.301 e. The molecule has 1 fully saturated rings. The number of benzene rings is 2. The molecule has 3 aromatic rings. The van der Waals surface area contributed by atoms with E-state index in [2.05, 4.69) is 51.2 Å². The van der Waals surface area contributed by atoms with Gasteiger partial charge in [-0.05, 0) is 61.8 Å². The maximum absolute atomic E-state index is 13.1. The van der Waals surface area contributed by atoms with Crippen molar-refractivity contribution in [2.45, 2.75) is 61.9 Å². The first-order valence-electron chi connectivity index (χ1n) is 10.5. The van der Waals surface area contributed by atoms with Crippen LogP contribution in [-0.2, 0) is 19.4 Å². The Bertz CT molecular complexity index is 1040. The first kappa shape index (κ1) is 18.6. The van der Waals surface area contributed by atoms with Crippen LogP contribution in [-0.4, -0.2) is 25.8 Å². The maximum Gasteiger partial charge on any atom is 0.192 e. The van der Waals surface area contributed by atoms with Crippen molar-refractivity contribution in [2.75, 3.05) is 0 Å². The molecule has 5 rings (SSSR count). The Hall–Kier alpha value is -2.40. The molecule has 2 aliphatic carbocycles. The smallest absolute Gasteiger partial charge is 0.192 e. The van der Waals surface area contributed by atoms with Crippen LogP contribution in [0.25, 0.3) is 0 Å². The van der Waals surface area contributed by atoms with Crippen molar-refractivity contribution >= 4 is 17.5 Å². The Labute approximate surface area is 175 Å². The molecule has 0 radical (unpaired) electrons. The van der Waals surface area contributed by atoms with E-state index in [9.17, 15) is 4.79 Å². The monoisotopic (exact) mass is 403 g/mol. The van der Waals surface area contributed by atoms with Gasteiger partial charge in [0.25, 0.3) is 0 Å². The minimum absolute atomic E-state index is 0.173. The van der Waals surface area contributed by atoms with Crippen molar-refractivity contribution in [3.63, 3.8) is 0 Å². The number of carbonyl (C=O) groups is 1. The summed E-state index contributed by atoms with van der Waals surface area (Å²) >= 11 is 1.53. The lowest BCUT2D eigenvalue weighted by molar-refractivity contribution is 0.0993. The summed E-state index contributed by atoms with van der Waals surface area (Å²) in [7, 11) is 0. The van der Waals surface area contributed by atoms with Crippen LogP contribution in [0, 0.1) is 0 Å². The molecule has 0 aliphatic heterocycles. The highest BCUT2D eigenvalue weighted by Gasteiger charge is 2.31. The zero-order valence-electron chi connectivity index (χ0n) is 16.7. The average molecular weight is 404 g/mol. The molecule has 1 atom stereocenters. The van der Waals surface area contributed by atoms with Crippen LogP contribution in [0.3, 0.4) is 0 Å². The molecule has 5 heteroatoms. The van der Waals surface area contributed by atoms with Crippen molar-refractivity contribution in [1.82, 2.24) is 14.8 Å². The molecule has 0 spiro atoms. The Kier molecular flexibility index (Phi) is 5.00. The molecule has 0 amide bonds. The number of rotatable bonds is 7. The first-order valence-corrected chi connectivity index (χ1v) is 11.4. The number of hydrogen-bond donors (Lipinski definition) is 0. The van der Waals surface area contributed by atoms with Crippen LogP contribution in [0.2, 0.25) is 0 Å². The maximum atomic E-state index is 13.1. The quantitative estimate of drug-likeness (QED) is 0.409. The number of aromatic nitrogens is 3. The molecule has 29 heavy (non-hydrogen) atoms. The number of hydrogen-bond acceptors (Lipinski definition) is 4. The molecular formula is C24H25N3OS. The fraction of sp³-hybridized carbons (Fsp3) is 0.375. The van der Waals surface area contributed by atoms with Crippen LogP contribution in [0.4, 0.5) is 0 Å². The molecule has 0 saturated heterocycles. The molecule has 1 saturated carbocycles. The molecule has 1 unspecified atom stereocenters. The fourth-order valence-electron chi connectivity index (χ4n) is 4.12. The third kappa shape index (κ3) is 3.88. The highest BCUT2D eigenvalue weighted by Crippen LogP contribution is 2.40. The summed E-state index contributed by atoms with van der Waals surface area (Å²) in [6, 6.07) is 16.6. The van der Waals surface area contributed by atoms with Crippen LogP contribution in [0.1, 0.15) is 65.0 Å². The Morgan fingerprint density at radius 1 is 1.10 bits per heavy atom. The highest BCUT2D eigenvalue weighted by molar-refractivity contribution is 8.00. The predicted octanol–water partition coefficient (Wildman–Crippen LogP) is 5.06. The van der Waals surface area contributed by atoms with Crippen molar-refractivity contribution in [2.24, 2.45) is 0 Å². The first-order chi connectivity index (χ1) is 14.2. The second-order valence-corrected chi connectivity index (χ2v) is 9.46. The average Bonchev–Trinajstić information content (AvgIpc) is 3.35. The van der Waals surface area contributed by atoms with E-state index >= 15 is 0 Å². The normalized spacial score (nSPS) is 16.6. The van der Waals surface area contributed by atoms with Gasteiger partial charge in [-0.25, -0.2) is 0 Å². The standard InChI is InChI=1S/C24H25N3OS/c1-16(22(28)21-13-10-18-8-5-9-20(18)14-21)29-24-26-25-23(19-11-12-19)27(24)15-17-6-3-2-4-7-17/h2-4,6-7,10,13-14,16,19H,5,8-9,11-12,15H2,1H3. The third-order valence-corrected chi connectivity index (χ3v) is 6.99. The Morgan fingerprint density at radius 3 is 2.69 bits per heavy atom. The number of Topliss-reactive ketones (excluding diaryl/α,β-unsaturated/α-hetero) is 1. The van der Waals surface area contributed by atoms with Gasteiger partial charge in [-0.3, -0.25) is 4.79 Å². The van der Waals surface area contributed by atoms with E-state index < -0.39 is 0 Å². The zero-order valence-corrected chi connectivity index (χ0v) is 17.5. The van der Waals surface area contributed by atoms with E-state index in [1.165, 1.54) is 47.7 Å². The molecule has 2 aromatic carbocycles. The van der Waals surface area contributed by atoms with E-state index in [0.717, 1.165) is 35.9 Å². The summed E-state index contributed by atoms with van der Waals surface area (Å²) in [4.78, 5) is 13.1. The van der Waals surface area contributed by atoms with E-state index in [1.54, 1.807) is 0 Å². The van der Waals surface area contributed by atoms with Gasteiger partial charge in [0, 0.05) is 11.5 Å². The largest absolute Gasteiger partial charge is 0.301 e. The number of ketones is 1. The van der Waals surface area contributed by atoms with Gasteiger partial charge in [-0.1, -0.05) is 54.2 Å². The van der Waals surface area contributed by atoms with E-state index in [1.807, 2.05) is 19.1 Å². The Morgan fingerprint density at radius 2 is 1.90 bits per heavy atom. The topological polar surface area (TPSA) is 47.8 Å². The van der Waals surface area contributed by atoms with E-state index in [0.29, 0.717) is 5.92 Å². The molecule has 1 heterocycles. The summed E-state index contributed by atoms with van der Waals surface area (Å²) in [5.41, 5.74) is 4.80. The molecule has 4 nitrogen and oxygen atoms in total. The van der Waals surface area contributed by atoms with Gasteiger partial charge in [-0.15, -0.1) is 10.2 Å². The van der Waals surface area contributed by atoms with Gasteiger partial charge in [0.05, 0.1) is 11.8 Å². The lowest BCUT2D eigenvalue weighted by atomic mass is 10.0. The van der Waals surface area contributed by atoms with E-state index in [4.69, 9.17) is 0 Å². The fourth-order valence-corrected chi connectivity index (χ4v) is 5.05. The number of fused-ring (bicyclic) bond motifs is 1. The van der Waals surface area contributed by atoms with Crippen LogP contribution < -0.4 is 0 Å². The van der Waals surface area contributed by atoms with Gasteiger partial charge in [-0.2, -0.15) is 0 Å². The number of thioether (sulfide) groups is 1. The molecular weight excluding hydrogens is 378 g/mol. The summed E-state index contributed by atoms with van der Waals surface area (Å²) in [6.07, 6.45) is 5.79. The van der Waals surface area contributed by atoms with Crippen LogP contribution in [0.15, 0.2) is 53.7 Å². The number of aryl methyl sites for hydroxylation is 2. The van der Waals surface area contributed by atoms with Gasteiger partial charge < -0.3 is 4.57 Å². The van der Waals surface area contributed by atoms with Crippen molar-refractivity contribution in [1.29, 1.82) is 0 Å². The third-order valence-electron chi connectivity index (χ3n) is 5.91. The second kappa shape index (κ2) is 7.79. The lowest BCUT2D eigenvalue weighted by Gasteiger charge is -2.14. The van der Waals surface area contributed by atoms with Gasteiger partial charge in [0.1, 0.15) is 5.82 Å². The van der Waals surface area contributed by atoms with Gasteiger partial charge in [0.2, 0.25) is 0 Å². The van der Waals surface area contributed by atoms with Gasteiger partial charge >= 0.3 is 0 Å². The summed E-state index contributed by atoms with van der Waals surface area (Å²) in [5, 5.41) is 9.61. The number of nitrogens with zero attached hydrogens (tertiary/aromatic N) is 3. The molecule has 2 aliphatic rings. The zero-order chi connectivity index (χ0) is 19.8. The highest BCUT2D eigenvalue weighted by atomic mass is 32.2. The molecule has 0 bridgehead atoms.